The lowest BCUT2D eigenvalue weighted by Crippen LogP contribution is -2.23. The quantitative estimate of drug-likeness (QED) is 0.826. The fourth-order valence-corrected chi connectivity index (χ4v) is 5.02. The molecule has 1 unspecified atom stereocenters. The standard InChI is InChI=1S/C18H23N5OS/c24-17-2-1-6-22(17)15-8-20-23(11-15)14-5-7-21(10-14)12-16-9-19-18(25-16)13-3-4-13/h8-9,11,13-14H,1-7,10,12H2. The number of rotatable bonds is 5. The molecule has 1 aliphatic carbocycles. The largest absolute Gasteiger partial charge is 0.309 e. The third-order valence-electron chi connectivity index (χ3n) is 5.47. The van der Waals surface area contributed by atoms with E-state index >= 15 is 0 Å². The van der Waals surface area contributed by atoms with Crippen LogP contribution in [-0.2, 0) is 11.3 Å². The fraction of sp³-hybridized carbons (Fsp3) is 0.611. The van der Waals surface area contributed by atoms with Crippen LogP contribution in [0.25, 0.3) is 0 Å². The Balaban J connectivity index is 1.21. The van der Waals surface area contributed by atoms with Gasteiger partial charge in [-0.3, -0.25) is 14.4 Å². The van der Waals surface area contributed by atoms with Crippen LogP contribution in [-0.4, -0.2) is 45.2 Å². The molecule has 2 aromatic rings. The van der Waals surface area contributed by atoms with Gasteiger partial charge < -0.3 is 4.90 Å². The predicted molar refractivity (Wildman–Crippen MR) is 96.8 cm³/mol. The van der Waals surface area contributed by atoms with E-state index in [4.69, 9.17) is 0 Å². The number of likely N-dealkylation sites (tertiary alicyclic amines) is 1. The van der Waals surface area contributed by atoms with Crippen LogP contribution in [0, 0.1) is 0 Å². The maximum Gasteiger partial charge on any atom is 0.227 e. The summed E-state index contributed by atoms with van der Waals surface area (Å²) in [4.78, 5) is 22.2. The summed E-state index contributed by atoms with van der Waals surface area (Å²) in [5.74, 6) is 0.977. The number of carbonyl (C=O) groups excluding carboxylic acids is 1. The topological polar surface area (TPSA) is 54.3 Å². The predicted octanol–water partition coefficient (Wildman–Crippen LogP) is 2.79. The van der Waals surface area contributed by atoms with E-state index in [9.17, 15) is 4.79 Å². The summed E-state index contributed by atoms with van der Waals surface area (Å²) in [7, 11) is 0. The summed E-state index contributed by atoms with van der Waals surface area (Å²) < 4.78 is 2.06. The summed E-state index contributed by atoms with van der Waals surface area (Å²) in [5, 5.41) is 5.87. The maximum absolute atomic E-state index is 11.9. The Morgan fingerprint density at radius 1 is 1.20 bits per heavy atom. The lowest BCUT2D eigenvalue weighted by Gasteiger charge is -2.15. The van der Waals surface area contributed by atoms with Gasteiger partial charge >= 0.3 is 0 Å². The Bertz CT molecular complexity index is 780. The Hall–Kier alpha value is -1.73. The third kappa shape index (κ3) is 3.11. The molecule has 5 rings (SSSR count). The van der Waals surface area contributed by atoms with Gasteiger partial charge in [0, 0.05) is 55.8 Å². The van der Waals surface area contributed by atoms with E-state index in [0.29, 0.717) is 12.5 Å². The molecule has 7 heteroatoms. The first kappa shape index (κ1) is 15.5. The molecule has 2 aromatic heterocycles. The second-order valence-electron chi connectivity index (χ2n) is 7.44. The Labute approximate surface area is 151 Å². The molecule has 2 saturated heterocycles. The molecular weight excluding hydrogens is 334 g/mol. The van der Waals surface area contributed by atoms with Gasteiger partial charge in [-0.2, -0.15) is 5.10 Å². The fourth-order valence-electron chi connectivity index (χ4n) is 3.90. The van der Waals surface area contributed by atoms with Crippen molar-refractivity contribution in [2.24, 2.45) is 0 Å². The zero-order valence-electron chi connectivity index (χ0n) is 14.3. The zero-order chi connectivity index (χ0) is 16.8. The Morgan fingerprint density at radius 2 is 2.12 bits per heavy atom. The normalized spacial score (nSPS) is 24.6. The summed E-state index contributed by atoms with van der Waals surface area (Å²) in [6.45, 7) is 3.94. The van der Waals surface area contributed by atoms with Crippen LogP contribution in [0.3, 0.4) is 0 Å². The molecule has 0 radical (unpaired) electrons. The molecule has 3 fully saturated rings. The van der Waals surface area contributed by atoms with Crippen molar-refractivity contribution < 1.29 is 4.79 Å². The average Bonchev–Trinajstić information content (AvgIpc) is 3.07. The van der Waals surface area contributed by atoms with E-state index in [1.807, 2.05) is 22.4 Å². The molecule has 6 nitrogen and oxygen atoms in total. The molecule has 4 heterocycles. The Morgan fingerprint density at radius 3 is 2.92 bits per heavy atom. The Kier molecular flexibility index (Phi) is 3.86. The number of aromatic nitrogens is 3. The smallest absolute Gasteiger partial charge is 0.227 e. The van der Waals surface area contributed by atoms with Crippen LogP contribution >= 0.6 is 11.3 Å². The third-order valence-corrected chi connectivity index (χ3v) is 6.62. The monoisotopic (exact) mass is 357 g/mol. The second kappa shape index (κ2) is 6.21. The first-order valence-corrected chi connectivity index (χ1v) is 10.1. The minimum Gasteiger partial charge on any atom is -0.309 e. The van der Waals surface area contributed by atoms with Gasteiger partial charge in [0.25, 0.3) is 0 Å². The number of nitrogens with zero attached hydrogens (tertiary/aromatic N) is 5. The molecule has 0 N–H and O–H groups in total. The molecule has 3 aliphatic rings. The van der Waals surface area contributed by atoms with Crippen LogP contribution in [0.4, 0.5) is 5.69 Å². The van der Waals surface area contributed by atoms with Crippen molar-refractivity contribution in [3.63, 3.8) is 0 Å². The molecule has 0 bridgehead atoms. The molecule has 1 saturated carbocycles. The molecule has 1 atom stereocenters. The molecule has 0 aromatic carbocycles. The maximum atomic E-state index is 11.9. The number of carbonyl (C=O) groups is 1. The van der Waals surface area contributed by atoms with Gasteiger partial charge in [-0.25, -0.2) is 4.98 Å². The minimum absolute atomic E-state index is 0.226. The van der Waals surface area contributed by atoms with Crippen molar-refractivity contribution in [3.8, 4) is 0 Å². The average molecular weight is 357 g/mol. The van der Waals surface area contributed by atoms with E-state index in [1.165, 1.54) is 22.7 Å². The summed E-state index contributed by atoms with van der Waals surface area (Å²) >= 11 is 1.89. The van der Waals surface area contributed by atoms with Crippen molar-refractivity contribution in [2.45, 2.75) is 50.6 Å². The molecule has 2 aliphatic heterocycles. The summed E-state index contributed by atoms with van der Waals surface area (Å²) in [5.41, 5.74) is 0.956. The van der Waals surface area contributed by atoms with E-state index in [1.54, 1.807) is 0 Å². The number of anilines is 1. The van der Waals surface area contributed by atoms with Gasteiger partial charge in [0.2, 0.25) is 5.91 Å². The van der Waals surface area contributed by atoms with Gasteiger partial charge in [0.15, 0.2) is 0 Å². The van der Waals surface area contributed by atoms with Crippen LogP contribution in [0.1, 0.15) is 53.9 Å². The number of amides is 1. The van der Waals surface area contributed by atoms with Gasteiger partial charge in [-0.15, -0.1) is 11.3 Å². The highest BCUT2D eigenvalue weighted by Crippen LogP contribution is 2.42. The highest BCUT2D eigenvalue weighted by molar-refractivity contribution is 7.11. The first-order chi connectivity index (χ1) is 12.3. The number of thiazole rings is 1. The van der Waals surface area contributed by atoms with Gasteiger partial charge in [-0.1, -0.05) is 0 Å². The van der Waals surface area contributed by atoms with E-state index < -0.39 is 0 Å². The lowest BCUT2D eigenvalue weighted by molar-refractivity contribution is -0.117. The highest BCUT2D eigenvalue weighted by atomic mass is 32.1. The van der Waals surface area contributed by atoms with Crippen molar-refractivity contribution in [1.82, 2.24) is 19.7 Å². The first-order valence-electron chi connectivity index (χ1n) is 9.28. The zero-order valence-corrected chi connectivity index (χ0v) is 15.1. The van der Waals surface area contributed by atoms with E-state index in [-0.39, 0.29) is 5.91 Å². The van der Waals surface area contributed by atoms with Crippen molar-refractivity contribution in [1.29, 1.82) is 0 Å². The summed E-state index contributed by atoms with van der Waals surface area (Å²) in [6.07, 6.45) is 11.3. The molecular formula is C18H23N5OS. The van der Waals surface area contributed by atoms with Crippen molar-refractivity contribution in [2.75, 3.05) is 24.5 Å². The van der Waals surface area contributed by atoms with Crippen LogP contribution in [0.5, 0.6) is 0 Å². The van der Waals surface area contributed by atoms with E-state index in [0.717, 1.165) is 50.6 Å². The highest BCUT2D eigenvalue weighted by Gasteiger charge is 2.29. The number of hydrogen-bond acceptors (Lipinski definition) is 5. The van der Waals surface area contributed by atoms with Gasteiger partial charge in [0.05, 0.1) is 22.9 Å². The molecule has 132 valence electrons. The van der Waals surface area contributed by atoms with Crippen LogP contribution in [0.2, 0.25) is 0 Å². The number of hydrogen-bond donors (Lipinski definition) is 0. The van der Waals surface area contributed by atoms with E-state index in [2.05, 4.69) is 32.1 Å². The van der Waals surface area contributed by atoms with Crippen molar-refractivity contribution in [3.05, 3.63) is 28.5 Å². The van der Waals surface area contributed by atoms with Crippen LogP contribution < -0.4 is 4.90 Å². The molecule has 0 spiro atoms. The molecule has 1 amide bonds. The SMILES string of the molecule is O=C1CCCN1c1cnn(C2CCN(Cc3cnc(C4CC4)s3)C2)c1. The van der Waals surface area contributed by atoms with Gasteiger partial charge in [-0.05, 0) is 25.7 Å². The van der Waals surface area contributed by atoms with Crippen LogP contribution in [0.15, 0.2) is 18.6 Å². The lowest BCUT2D eigenvalue weighted by atomic mass is 10.3. The van der Waals surface area contributed by atoms with Crippen molar-refractivity contribution >= 4 is 22.9 Å². The second-order valence-corrected chi connectivity index (χ2v) is 8.59. The summed E-state index contributed by atoms with van der Waals surface area (Å²) in [6, 6.07) is 0.405. The molecule has 25 heavy (non-hydrogen) atoms. The van der Waals surface area contributed by atoms with Gasteiger partial charge in [0.1, 0.15) is 0 Å². The minimum atomic E-state index is 0.226.